The maximum Gasteiger partial charge on any atom is 0.255 e. The van der Waals surface area contributed by atoms with Gasteiger partial charge in [0.25, 0.3) is 5.91 Å². The molecule has 0 radical (unpaired) electrons. The second-order valence-electron chi connectivity index (χ2n) is 6.73. The summed E-state index contributed by atoms with van der Waals surface area (Å²) in [4.78, 5) is 26.1. The highest BCUT2D eigenvalue weighted by atomic mass is 32.2. The number of morpholine rings is 1. The molecule has 152 valence electrons. The van der Waals surface area contributed by atoms with Crippen LogP contribution in [0.3, 0.4) is 0 Å². The van der Waals surface area contributed by atoms with Crippen molar-refractivity contribution in [1.29, 1.82) is 0 Å². The predicted molar refractivity (Wildman–Crippen MR) is 114 cm³/mol. The fraction of sp³-hybridized carbons (Fsp3) is 0.300. The van der Waals surface area contributed by atoms with E-state index in [2.05, 4.69) is 10.6 Å². The molecule has 9 heteroatoms. The van der Waals surface area contributed by atoms with Crippen LogP contribution < -0.4 is 10.6 Å². The van der Waals surface area contributed by atoms with Crippen molar-refractivity contribution in [3.05, 3.63) is 48.0 Å². The molecule has 7 nitrogen and oxygen atoms in total. The summed E-state index contributed by atoms with van der Waals surface area (Å²) < 4.78 is 19.8. The molecule has 0 bridgehead atoms. The van der Waals surface area contributed by atoms with Gasteiger partial charge in [0.1, 0.15) is 11.0 Å². The summed E-state index contributed by atoms with van der Waals surface area (Å²) in [6, 6.07) is 12.3. The Morgan fingerprint density at radius 1 is 1.21 bits per heavy atom. The lowest BCUT2D eigenvalue weighted by atomic mass is 10.1. The molecule has 2 aromatic carbocycles. The average molecular weight is 432 g/mol. The molecule has 2 aliphatic heterocycles. The minimum Gasteiger partial charge on any atom is -0.379 e. The van der Waals surface area contributed by atoms with Crippen molar-refractivity contribution in [2.75, 3.05) is 36.9 Å². The van der Waals surface area contributed by atoms with Crippen LogP contribution in [0.15, 0.2) is 52.3 Å². The smallest absolute Gasteiger partial charge is 0.255 e. The molecule has 0 aromatic heterocycles. The molecule has 0 aliphatic carbocycles. The molecule has 1 saturated heterocycles. The quantitative estimate of drug-likeness (QED) is 0.777. The number of nitrogens with zero attached hydrogens (tertiary/aromatic N) is 1. The minimum atomic E-state index is -1.24. The standard InChI is InChI=1S/C20H21N3O4S2/c1-13-19(24)22-17-12-14(2-7-18(17)28-13)20(25)21-15-3-5-16(6-4-15)29(26)23-8-10-27-11-9-23/h2-7,12-13H,8-11H2,1H3,(H,21,25)(H,22,24). The van der Waals surface area contributed by atoms with Crippen LogP contribution in [0.5, 0.6) is 0 Å². The molecular weight excluding hydrogens is 410 g/mol. The third-order valence-electron chi connectivity index (χ3n) is 4.69. The van der Waals surface area contributed by atoms with Gasteiger partial charge in [-0.3, -0.25) is 9.59 Å². The number of anilines is 2. The van der Waals surface area contributed by atoms with Gasteiger partial charge in [-0.05, 0) is 49.4 Å². The molecule has 2 N–H and O–H groups in total. The second-order valence-corrected chi connectivity index (χ2v) is 9.60. The van der Waals surface area contributed by atoms with Crippen molar-refractivity contribution in [3.8, 4) is 0 Å². The highest BCUT2D eigenvalue weighted by Gasteiger charge is 2.24. The molecule has 1 fully saturated rings. The van der Waals surface area contributed by atoms with E-state index in [1.54, 1.807) is 36.4 Å². The topological polar surface area (TPSA) is 87.7 Å². The number of ether oxygens (including phenoxy) is 1. The third-order valence-corrected chi connectivity index (χ3v) is 7.38. The Morgan fingerprint density at radius 3 is 2.66 bits per heavy atom. The van der Waals surface area contributed by atoms with Crippen LogP contribution in [0, 0.1) is 0 Å². The van der Waals surface area contributed by atoms with Crippen molar-refractivity contribution in [3.63, 3.8) is 0 Å². The maximum absolute atomic E-state index is 12.6. The molecular formula is C20H21N3O4S2. The fourth-order valence-corrected chi connectivity index (χ4v) is 5.15. The zero-order chi connectivity index (χ0) is 20.4. The van der Waals surface area contributed by atoms with Crippen LogP contribution in [0.1, 0.15) is 17.3 Å². The molecule has 2 heterocycles. The lowest BCUT2D eigenvalue weighted by molar-refractivity contribution is -0.115. The highest BCUT2D eigenvalue weighted by molar-refractivity contribution is 8.01. The summed E-state index contributed by atoms with van der Waals surface area (Å²) in [6.07, 6.45) is 0. The molecule has 2 aromatic rings. The van der Waals surface area contributed by atoms with Gasteiger partial charge in [0.05, 0.1) is 29.0 Å². The van der Waals surface area contributed by atoms with Gasteiger partial charge in [0, 0.05) is 29.2 Å². The molecule has 0 saturated carbocycles. The highest BCUT2D eigenvalue weighted by Crippen LogP contribution is 2.36. The fourth-order valence-electron chi connectivity index (χ4n) is 3.07. The van der Waals surface area contributed by atoms with E-state index in [4.69, 9.17) is 4.74 Å². The Labute approximate surface area is 175 Å². The average Bonchev–Trinajstić information content (AvgIpc) is 2.75. The first-order valence-electron chi connectivity index (χ1n) is 9.29. The number of benzene rings is 2. The zero-order valence-electron chi connectivity index (χ0n) is 15.8. The number of carbonyl (C=O) groups is 2. The van der Waals surface area contributed by atoms with E-state index in [0.717, 1.165) is 4.90 Å². The molecule has 2 atom stereocenters. The summed E-state index contributed by atoms with van der Waals surface area (Å²) in [6.45, 7) is 4.28. The van der Waals surface area contributed by atoms with Crippen molar-refractivity contribution >= 4 is 45.9 Å². The van der Waals surface area contributed by atoms with Crippen LogP contribution in [-0.4, -0.2) is 51.9 Å². The Morgan fingerprint density at radius 2 is 1.93 bits per heavy atom. The Balaban J connectivity index is 1.43. The first-order chi connectivity index (χ1) is 14.0. The lowest BCUT2D eigenvalue weighted by Crippen LogP contribution is -2.37. The van der Waals surface area contributed by atoms with Crippen molar-refractivity contribution in [1.82, 2.24) is 4.31 Å². The van der Waals surface area contributed by atoms with Crippen LogP contribution in [-0.2, 0) is 20.5 Å². The number of amides is 2. The van der Waals surface area contributed by atoms with Crippen molar-refractivity contribution in [2.24, 2.45) is 0 Å². The first-order valence-corrected chi connectivity index (χ1v) is 11.3. The van der Waals surface area contributed by atoms with Gasteiger partial charge in [-0.1, -0.05) is 0 Å². The predicted octanol–water partition coefficient (Wildman–Crippen LogP) is 2.73. The normalized spacial score (nSPS) is 20.4. The summed E-state index contributed by atoms with van der Waals surface area (Å²) in [7, 11) is -1.24. The SMILES string of the molecule is CC1Sc2ccc(C(=O)Nc3ccc(S(=O)N4CCOCC4)cc3)cc2NC1=O. The van der Waals surface area contributed by atoms with Gasteiger partial charge in [-0.15, -0.1) is 11.8 Å². The number of hydrogen-bond acceptors (Lipinski definition) is 5. The maximum atomic E-state index is 12.6. The summed E-state index contributed by atoms with van der Waals surface area (Å²) in [5, 5.41) is 5.52. The minimum absolute atomic E-state index is 0.0658. The first kappa shape index (κ1) is 20.1. The van der Waals surface area contributed by atoms with Gasteiger partial charge < -0.3 is 15.4 Å². The number of fused-ring (bicyclic) bond motifs is 1. The molecule has 0 spiro atoms. The number of thioether (sulfide) groups is 1. The number of hydrogen-bond donors (Lipinski definition) is 2. The molecule has 2 unspecified atom stereocenters. The number of carbonyl (C=O) groups excluding carboxylic acids is 2. The van der Waals surface area contributed by atoms with Gasteiger partial charge >= 0.3 is 0 Å². The Bertz CT molecular complexity index is 959. The number of rotatable bonds is 4. The molecule has 2 amide bonds. The van der Waals surface area contributed by atoms with Crippen molar-refractivity contribution in [2.45, 2.75) is 22.0 Å². The van der Waals surface area contributed by atoms with Gasteiger partial charge in [-0.2, -0.15) is 0 Å². The van der Waals surface area contributed by atoms with Crippen LogP contribution in [0.4, 0.5) is 11.4 Å². The summed E-state index contributed by atoms with van der Waals surface area (Å²) >= 11 is 1.48. The summed E-state index contributed by atoms with van der Waals surface area (Å²) in [5.41, 5.74) is 1.73. The lowest BCUT2D eigenvalue weighted by Gasteiger charge is -2.25. The van der Waals surface area contributed by atoms with E-state index in [1.807, 2.05) is 17.3 Å². The van der Waals surface area contributed by atoms with Crippen LogP contribution in [0.25, 0.3) is 0 Å². The molecule has 2 aliphatic rings. The Kier molecular flexibility index (Phi) is 6.00. The van der Waals surface area contributed by atoms with E-state index < -0.39 is 11.0 Å². The van der Waals surface area contributed by atoms with Crippen molar-refractivity contribution < 1.29 is 18.5 Å². The molecule has 29 heavy (non-hydrogen) atoms. The van der Waals surface area contributed by atoms with Gasteiger partial charge in [-0.25, -0.2) is 8.51 Å². The zero-order valence-corrected chi connectivity index (χ0v) is 17.5. The van der Waals surface area contributed by atoms with Gasteiger partial charge in [0.2, 0.25) is 5.91 Å². The number of nitrogens with one attached hydrogen (secondary N) is 2. The van der Waals surface area contributed by atoms with E-state index in [-0.39, 0.29) is 17.1 Å². The summed E-state index contributed by atoms with van der Waals surface area (Å²) in [5.74, 6) is -0.336. The van der Waals surface area contributed by atoms with Gasteiger partial charge in [0.15, 0.2) is 0 Å². The van der Waals surface area contributed by atoms with E-state index in [9.17, 15) is 13.8 Å². The van der Waals surface area contributed by atoms with Crippen LogP contribution >= 0.6 is 11.8 Å². The second kappa shape index (κ2) is 8.66. The largest absolute Gasteiger partial charge is 0.379 e. The Hall–Kier alpha value is -2.20. The van der Waals surface area contributed by atoms with E-state index >= 15 is 0 Å². The van der Waals surface area contributed by atoms with E-state index in [0.29, 0.717) is 48.1 Å². The monoisotopic (exact) mass is 431 g/mol. The molecule has 4 rings (SSSR count). The van der Waals surface area contributed by atoms with Crippen LogP contribution in [0.2, 0.25) is 0 Å². The van der Waals surface area contributed by atoms with E-state index in [1.165, 1.54) is 11.8 Å². The third kappa shape index (κ3) is 4.53.